The van der Waals surface area contributed by atoms with Gasteiger partial charge in [-0.25, -0.2) is 14.4 Å². The topological polar surface area (TPSA) is 66.4 Å². The molecule has 0 radical (unpaired) electrons. The fourth-order valence-electron chi connectivity index (χ4n) is 4.91. The summed E-state index contributed by atoms with van der Waals surface area (Å²) >= 11 is 0. The van der Waals surface area contributed by atoms with E-state index in [2.05, 4.69) is 9.97 Å². The first-order valence-electron chi connectivity index (χ1n) is 10.3. The summed E-state index contributed by atoms with van der Waals surface area (Å²) in [5.74, 6) is -0.666. The number of rotatable bonds is 1. The van der Waals surface area contributed by atoms with E-state index in [1.807, 2.05) is 18.7 Å². The van der Waals surface area contributed by atoms with Crippen LogP contribution in [-0.2, 0) is 4.79 Å². The number of halogens is 1. The maximum Gasteiger partial charge on any atom is 0.256 e. The molecule has 154 valence electrons. The summed E-state index contributed by atoms with van der Waals surface area (Å²) in [5, 5.41) is 0. The minimum absolute atomic E-state index is 0.0622. The van der Waals surface area contributed by atoms with Crippen molar-refractivity contribution in [1.82, 2.24) is 19.8 Å². The second-order valence-corrected chi connectivity index (χ2v) is 8.40. The van der Waals surface area contributed by atoms with Gasteiger partial charge in [0, 0.05) is 32.6 Å². The van der Waals surface area contributed by atoms with E-state index in [0.717, 1.165) is 43.5 Å². The average Bonchev–Trinajstić information content (AvgIpc) is 2.68. The molecule has 0 N–H and O–H groups in total. The second kappa shape index (κ2) is 7.35. The van der Waals surface area contributed by atoms with Crippen molar-refractivity contribution < 1.29 is 14.0 Å². The molecule has 0 unspecified atom stereocenters. The molecule has 2 amide bonds. The number of carbonyl (C=O) groups is 2. The van der Waals surface area contributed by atoms with E-state index in [9.17, 15) is 14.0 Å². The van der Waals surface area contributed by atoms with Gasteiger partial charge in [0.05, 0.1) is 28.0 Å². The summed E-state index contributed by atoms with van der Waals surface area (Å²) in [7, 11) is 0. The standard InChI is InChI=1S/C22H27FN4O2/c1-14-15(2)25-20-18(11-17(23)12-19(20)24-14)21(29)26-9-10-27(16(3)28)22(13-26)7-5-4-6-8-22/h11-12H,4-10,13H2,1-3H3. The van der Waals surface area contributed by atoms with Crippen molar-refractivity contribution in [2.75, 3.05) is 19.6 Å². The number of amides is 2. The highest BCUT2D eigenvalue weighted by Crippen LogP contribution is 2.37. The summed E-state index contributed by atoms with van der Waals surface area (Å²) in [6.45, 7) is 6.70. The first kappa shape index (κ1) is 19.7. The molecule has 7 heteroatoms. The minimum Gasteiger partial charge on any atom is -0.334 e. The van der Waals surface area contributed by atoms with Crippen molar-refractivity contribution in [2.45, 2.75) is 58.4 Å². The van der Waals surface area contributed by atoms with Gasteiger partial charge < -0.3 is 9.80 Å². The first-order valence-corrected chi connectivity index (χ1v) is 10.3. The quantitative estimate of drug-likeness (QED) is 0.739. The third-order valence-corrected chi connectivity index (χ3v) is 6.48. The van der Waals surface area contributed by atoms with Crippen LogP contribution >= 0.6 is 0 Å². The van der Waals surface area contributed by atoms with E-state index in [-0.39, 0.29) is 22.9 Å². The van der Waals surface area contributed by atoms with Crippen molar-refractivity contribution in [3.05, 3.63) is 34.9 Å². The average molecular weight is 398 g/mol. The normalized spacial score (nSPS) is 19.0. The number of nitrogens with zero attached hydrogens (tertiary/aromatic N) is 4. The molecular formula is C22H27FN4O2. The maximum atomic E-state index is 14.3. The van der Waals surface area contributed by atoms with Crippen LogP contribution < -0.4 is 0 Å². The summed E-state index contributed by atoms with van der Waals surface area (Å²) in [6.07, 6.45) is 5.07. The number of benzene rings is 1. The molecule has 2 fully saturated rings. The monoisotopic (exact) mass is 398 g/mol. The van der Waals surface area contributed by atoms with Crippen LogP contribution in [0.15, 0.2) is 12.1 Å². The molecule has 1 aromatic carbocycles. The highest BCUT2D eigenvalue weighted by molar-refractivity contribution is 6.05. The Hall–Kier alpha value is -2.57. The molecule has 6 nitrogen and oxygen atoms in total. The van der Waals surface area contributed by atoms with E-state index < -0.39 is 5.82 Å². The molecule has 2 aromatic rings. The Balaban J connectivity index is 1.71. The van der Waals surface area contributed by atoms with Crippen molar-refractivity contribution >= 4 is 22.8 Å². The molecule has 1 aliphatic heterocycles. The van der Waals surface area contributed by atoms with Crippen molar-refractivity contribution in [3.63, 3.8) is 0 Å². The van der Waals surface area contributed by atoms with Crippen LogP contribution in [0.3, 0.4) is 0 Å². The number of carbonyl (C=O) groups excluding carboxylic acids is 2. The zero-order valence-corrected chi connectivity index (χ0v) is 17.3. The zero-order chi connectivity index (χ0) is 20.8. The SMILES string of the molecule is CC(=O)N1CCN(C(=O)c2cc(F)cc3nc(C)c(C)nc23)CC12CCCCC2. The van der Waals surface area contributed by atoms with Crippen LogP contribution in [0, 0.1) is 19.7 Å². The van der Waals surface area contributed by atoms with Crippen LogP contribution in [0.1, 0.15) is 60.8 Å². The van der Waals surface area contributed by atoms with Gasteiger partial charge in [-0.1, -0.05) is 19.3 Å². The van der Waals surface area contributed by atoms with Crippen LogP contribution in [0.5, 0.6) is 0 Å². The van der Waals surface area contributed by atoms with Crippen molar-refractivity contribution in [2.24, 2.45) is 0 Å². The van der Waals surface area contributed by atoms with E-state index in [4.69, 9.17) is 0 Å². The van der Waals surface area contributed by atoms with Gasteiger partial charge in [-0.3, -0.25) is 9.59 Å². The van der Waals surface area contributed by atoms with Crippen LogP contribution in [-0.4, -0.2) is 56.8 Å². The summed E-state index contributed by atoms with van der Waals surface area (Å²) in [5.41, 5.74) is 2.22. The molecule has 0 bridgehead atoms. The number of hydrogen-bond donors (Lipinski definition) is 0. The first-order chi connectivity index (χ1) is 13.8. The Morgan fingerprint density at radius 2 is 1.72 bits per heavy atom. The Kier molecular flexibility index (Phi) is 5.00. The summed E-state index contributed by atoms with van der Waals surface area (Å²) in [4.78, 5) is 38.4. The van der Waals surface area contributed by atoms with Gasteiger partial charge in [-0.05, 0) is 32.8 Å². The van der Waals surface area contributed by atoms with Gasteiger partial charge in [0.15, 0.2) is 0 Å². The van der Waals surface area contributed by atoms with Crippen LogP contribution in [0.25, 0.3) is 11.0 Å². The molecule has 1 spiro atoms. The molecule has 2 aliphatic rings. The number of fused-ring (bicyclic) bond motifs is 1. The van der Waals surface area contributed by atoms with E-state index in [1.165, 1.54) is 12.1 Å². The highest BCUT2D eigenvalue weighted by atomic mass is 19.1. The molecule has 1 saturated carbocycles. The Morgan fingerprint density at radius 3 is 2.41 bits per heavy atom. The van der Waals surface area contributed by atoms with E-state index in [0.29, 0.717) is 30.7 Å². The van der Waals surface area contributed by atoms with Gasteiger partial charge in [-0.2, -0.15) is 0 Å². The number of aryl methyl sites for hydroxylation is 2. The summed E-state index contributed by atoms with van der Waals surface area (Å²) < 4.78 is 14.3. The lowest BCUT2D eigenvalue weighted by atomic mass is 9.78. The number of hydrogen-bond acceptors (Lipinski definition) is 4. The number of piperazine rings is 1. The zero-order valence-electron chi connectivity index (χ0n) is 17.3. The maximum absolute atomic E-state index is 14.3. The second-order valence-electron chi connectivity index (χ2n) is 8.40. The summed E-state index contributed by atoms with van der Waals surface area (Å²) in [6, 6.07) is 2.58. The molecular weight excluding hydrogens is 371 g/mol. The van der Waals surface area contributed by atoms with E-state index >= 15 is 0 Å². The largest absolute Gasteiger partial charge is 0.334 e. The molecule has 1 aromatic heterocycles. The molecule has 2 heterocycles. The Morgan fingerprint density at radius 1 is 1.03 bits per heavy atom. The molecule has 4 rings (SSSR count). The van der Waals surface area contributed by atoms with Gasteiger partial charge >= 0.3 is 0 Å². The van der Waals surface area contributed by atoms with Crippen molar-refractivity contribution in [3.8, 4) is 0 Å². The van der Waals surface area contributed by atoms with Crippen LogP contribution in [0.2, 0.25) is 0 Å². The van der Waals surface area contributed by atoms with Gasteiger partial charge in [-0.15, -0.1) is 0 Å². The van der Waals surface area contributed by atoms with Gasteiger partial charge in [0.2, 0.25) is 5.91 Å². The molecule has 1 saturated heterocycles. The molecule has 1 aliphatic carbocycles. The number of aromatic nitrogens is 2. The lowest BCUT2D eigenvalue weighted by molar-refractivity contribution is -0.141. The van der Waals surface area contributed by atoms with Crippen molar-refractivity contribution in [1.29, 1.82) is 0 Å². The Labute approximate surface area is 170 Å². The minimum atomic E-state index is -0.492. The third-order valence-electron chi connectivity index (χ3n) is 6.48. The highest BCUT2D eigenvalue weighted by Gasteiger charge is 2.45. The molecule has 0 atom stereocenters. The predicted molar refractivity (Wildman–Crippen MR) is 108 cm³/mol. The van der Waals surface area contributed by atoms with E-state index in [1.54, 1.807) is 11.8 Å². The predicted octanol–water partition coefficient (Wildman–Crippen LogP) is 3.39. The lowest BCUT2D eigenvalue weighted by Gasteiger charge is -2.52. The fraction of sp³-hybridized carbons (Fsp3) is 0.545. The lowest BCUT2D eigenvalue weighted by Crippen LogP contribution is -2.65. The van der Waals surface area contributed by atoms with Gasteiger partial charge in [0.1, 0.15) is 11.3 Å². The molecule has 29 heavy (non-hydrogen) atoms. The third kappa shape index (κ3) is 3.47. The fourth-order valence-corrected chi connectivity index (χ4v) is 4.91. The Bertz CT molecular complexity index is 984. The smallest absolute Gasteiger partial charge is 0.256 e. The van der Waals surface area contributed by atoms with Gasteiger partial charge in [0.25, 0.3) is 5.91 Å². The van der Waals surface area contributed by atoms with Crippen LogP contribution in [0.4, 0.5) is 4.39 Å².